The van der Waals surface area contributed by atoms with Gasteiger partial charge < -0.3 is 29.6 Å². The van der Waals surface area contributed by atoms with Crippen molar-refractivity contribution in [1.82, 2.24) is 14.8 Å². The molecule has 1 aromatic heterocycles. The topological polar surface area (TPSA) is 109 Å². The van der Waals surface area contributed by atoms with E-state index in [1.807, 2.05) is 32.0 Å². The lowest BCUT2D eigenvalue weighted by Gasteiger charge is -2.29. The molecule has 2 aromatic carbocycles. The Bertz CT molecular complexity index is 1240. The fourth-order valence-electron chi connectivity index (χ4n) is 3.92. The molecule has 0 unspecified atom stereocenters. The molecule has 10 heteroatoms. The minimum Gasteiger partial charge on any atom is -0.497 e. The zero-order valence-corrected chi connectivity index (χ0v) is 19.7. The van der Waals surface area contributed by atoms with E-state index in [0.29, 0.717) is 52.5 Å². The first-order valence-corrected chi connectivity index (χ1v) is 10.7. The third kappa shape index (κ3) is 4.21. The number of allylic oxidation sites excluding steroid dienone is 1. The van der Waals surface area contributed by atoms with Crippen LogP contribution < -0.4 is 29.6 Å². The van der Waals surface area contributed by atoms with Gasteiger partial charge in [-0.05, 0) is 43.7 Å². The van der Waals surface area contributed by atoms with E-state index < -0.39 is 6.04 Å². The van der Waals surface area contributed by atoms with Crippen LogP contribution >= 0.6 is 0 Å². The highest BCUT2D eigenvalue weighted by atomic mass is 16.5. The van der Waals surface area contributed by atoms with Crippen molar-refractivity contribution in [3.63, 3.8) is 0 Å². The summed E-state index contributed by atoms with van der Waals surface area (Å²) >= 11 is 0. The molecule has 1 atom stereocenters. The molecule has 0 saturated heterocycles. The van der Waals surface area contributed by atoms with Gasteiger partial charge >= 0.3 is 0 Å². The molecule has 1 amide bonds. The highest BCUT2D eigenvalue weighted by molar-refractivity contribution is 6.06. The van der Waals surface area contributed by atoms with Gasteiger partial charge in [-0.2, -0.15) is 10.1 Å². The molecule has 0 radical (unpaired) electrons. The number of hydrogen-bond donors (Lipinski definition) is 2. The summed E-state index contributed by atoms with van der Waals surface area (Å²) in [7, 11) is 4.68. The fourth-order valence-corrected chi connectivity index (χ4v) is 3.92. The van der Waals surface area contributed by atoms with Crippen LogP contribution in [0.25, 0.3) is 0 Å². The van der Waals surface area contributed by atoms with Crippen LogP contribution in [0.15, 0.2) is 54.0 Å². The summed E-state index contributed by atoms with van der Waals surface area (Å²) in [5.74, 6) is 2.49. The summed E-state index contributed by atoms with van der Waals surface area (Å²) in [5.41, 5.74) is 2.39. The number of carbonyl (C=O) groups excluding carboxylic acids is 1. The fraction of sp³-hybridized carbons (Fsp3) is 0.292. The van der Waals surface area contributed by atoms with Crippen molar-refractivity contribution in [3.8, 4) is 23.0 Å². The molecule has 4 rings (SSSR count). The van der Waals surface area contributed by atoms with Crippen molar-refractivity contribution < 1.29 is 23.7 Å². The zero-order valence-electron chi connectivity index (χ0n) is 19.7. The van der Waals surface area contributed by atoms with Crippen LogP contribution in [0.3, 0.4) is 0 Å². The number of nitrogens with zero attached hydrogens (tertiary/aromatic N) is 3. The van der Waals surface area contributed by atoms with Crippen molar-refractivity contribution in [3.05, 3.63) is 59.6 Å². The number of fused-ring (bicyclic) bond motifs is 1. The Balaban J connectivity index is 1.77. The average Bonchev–Trinajstić information content (AvgIpc) is 3.31. The van der Waals surface area contributed by atoms with Crippen LogP contribution in [0.4, 0.5) is 11.6 Å². The molecule has 0 saturated carbocycles. The Hall–Kier alpha value is -4.21. The summed E-state index contributed by atoms with van der Waals surface area (Å²) in [5, 5.41) is 10.5. The maximum atomic E-state index is 13.7. The lowest BCUT2D eigenvalue weighted by Crippen LogP contribution is -2.31. The summed E-state index contributed by atoms with van der Waals surface area (Å²) in [4.78, 5) is 17.9. The van der Waals surface area contributed by atoms with E-state index in [0.717, 1.165) is 5.56 Å². The molecule has 3 aromatic rings. The molecule has 0 spiro atoms. The normalized spacial score (nSPS) is 14.7. The Morgan fingerprint density at radius 2 is 1.82 bits per heavy atom. The molecular weight excluding hydrogens is 438 g/mol. The van der Waals surface area contributed by atoms with Crippen LogP contribution in [0.1, 0.15) is 25.5 Å². The van der Waals surface area contributed by atoms with Gasteiger partial charge in [0, 0.05) is 11.8 Å². The predicted octanol–water partition coefficient (Wildman–Crippen LogP) is 3.63. The van der Waals surface area contributed by atoms with Gasteiger partial charge in [0.1, 0.15) is 23.9 Å². The molecule has 2 heterocycles. The van der Waals surface area contributed by atoms with Gasteiger partial charge in [-0.3, -0.25) is 4.79 Å². The molecular formula is C24H27N5O5. The van der Waals surface area contributed by atoms with Gasteiger partial charge in [-0.15, -0.1) is 0 Å². The molecule has 34 heavy (non-hydrogen) atoms. The van der Waals surface area contributed by atoms with Crippen molar-refractivity contribution in [2.75, 3.05) is 38.6 Å². The summed E-state index contributed by atoms with van der Waals surface area (Å²) in [6, 6.07) is 10.2. The van der Waals surface area contributed by atoms with Gasteiger partial charge in [0.05, 0.1) is 39.2 Å². The number of benzene rings is 2. The lowest BCUT2D eigenvalue weighted by atomic mass is 9.94. The number of anilines is 2. The van der Waals surface area contributed by atoms with Gasteiger partial charge in [0.15, 0.2) is 11.5 Å². The standard InChI is InChI=1S/C24H27N5O5/c1-6-34-19-9-7-15(11-20(19)33-5)22-21(14(2)27-24-25-13-26-29(22)24)23(30)28-17-12-16(31-3)8-10-18(17)32-4/h7-13,22H,6H2,1-5H3,(H,28,30)(H,25,26,27)/t22-/m1/s1. The summed E-state index contributed by atoms with van der Waals surface area (Å²) in [6.45, 7) is 4.24. The van der Waals surface area contributed by atoms with E-state index in [9.17, 15) is 4.79 Å². The highest BCUT2D eigenvalue weighted by Gasteiger charge is 2.34. The number of hydrogen-bond acceptors (Lipinski definition) is 8. The van der Waals surface area contributed by atoms with E-state index in [1.165, 1.54) is 6.33 Å². The van der Waals surface area contributed by atoms with E-state index in [-0.39, 0.29) is 5.91 Å². The molecule has 0 fully saturated rings. The lowest BCUT2D eigenvalue weighted by molar-refractivity contribution is -0.113. The Kier molecular flexibility index (Phi) is 6.58. The third-order valence-corrected chi connectivity index (χ3v) is 5.50. The number of rotatable bonds is 8. The van der Waals surface area contributed by atoms with Crippen molar-refractivity contribution in [2.45, 2.75) is 19.9 Å². The van der Waals surface area contributed by atoms with Gasteiger partial charge in [0.25, 0.3) is 5.91 Å². The maximum absolute atomic E-state index is 13.7. The Labute approximate surface area is 197 Å². The van der Waals surface area contributed by atoms with Crippen molar-refractivity contribution >= 4 is 17.5 Å². The second-order valence-electron chi connectivity index (χ2n) is 7.46. The molecule has 0 aliphatic carbocycles. The smallest absolute Gasteiger partial charge is 0.255 e. The number of methoxy groups -OCH3 is 3. The largest absolute Gasteiger partial charge is 0.497 e. The van der Waals surface area contributed by atoms with E-state index in [2.05, 4.69) is 20.7 Å². The number of amides is 1. The minimum absolute atomic E-state index is 0.324. The van der Waals surface area contributed by atoms with Crippen LogP contribution in [-0.4, -0.2) is 48.6 Å². The first-order valence-electron chi connectivity index (χ1n) is 10.7. The van der Waals surface area contributed by atoms with Crippen LogP contribution in [0, 0.1) is 0 Å². The van der Waals surface area contributed by atoms with Crippen LogP contribution in [-0.2, 0) is 4.79 Å². The summed E-state index contributed by atoms with van der Waals surface area (Å²) in [6.07, 6.45) is 1.44. The molecule has 10 nitrogen and oxygen atoms in total. The number of carbonyl (C=O) groups is 1. The van der Waals surface area contributed by atoms with E-state index in [1.54, 1.807) is 44.2 Å². The van der Waals surface area contributed by atoms with Gasteiger partial charge in [-0.25, -0.2) is 4.68 Å². The average molecular weight is 466 g/mol. The van der Waals surface area contributed by atoms with Crippen molar-refractivity contribution in [1.29, 1.82) is 0 Å². The summed E-state index contributed by atoms with van der Waals surface area (Å²) < 4.78 is 23.6. The maximum Gasteiger partial charge on any atom is 0.255 e. The number of nitrogens with one attached hydrogen (secondary N) is 2. The first-order chi connectivity index (χ1) is 16.5. The van der Waals surface area contributed by atoms with Crippen LogP contribution in [0.5, 0.6) is 23.0 Å². The van der Waals surface area contributed by atoms with E-state index in [4.69, 9.17) is 18.9 Å². The SMILES string of the molecule is CCOc1ccc([C@@H]2C(C(=O)Nc3cc(OC)ccc3OC)=C(C)Nc3ncnn32)cc1OC. The van der Waals surface area contributed by atoms with Gasteiger partial charge in [-0.1, -0.05) is 6.07 Å². The molecule has 2 N–H and O–H groups in total. The molecule has 0 bridgehead atoms. The number of ether oxygens (including phenoxy) is 4. The third-order valence-electron chi connectivity index (χ3n) is 5.50. The number of aromatic nitrogens is 3. The molecule has 178 valence electrons. The Morgan fingerprint density at radius 1 is 1.06 bits per heavy atom. The molecule has 1 aliphatic heterocycles. The van der Waals surface area contributed by atoms with E-state index >= 15 is 0 Å². The van der Waals surface area contributed by atoms with Gasteiger partial charge in [0.2, 0.25) is 5.95 Å². The first kappa shape index (κ1) is 23.0. The quantitative estimate of drug-likeness (QED) is 0.519. The second kappa shape index (κ2) is 9.74. The monoisotopic (exact) mass is 465 g/mol. The Morgan fingerprint density at radius 3 is 2.53 bits per heavy atom. The minimum atomic E-state index is -0.556. The zero-order chi connectivity index (χ0) is 24.2. The van der Waals surface area contributed by atoms with Crippen molar-refractivity contribution in [2.24, 2.45) is 0 Å². The second-order valence-corrected chi connectivity index (χ2v) is 7.46. The molecule has 1 aliphatic rings. The van der Waals surface area contributed by atoms with Crippen LogP contribution in [0.2, 0.25) is 0 Å². The highest BCUT2D eigenvalue weighted by Crippen LogP contribution is 2.39. The predicted molar refractivity (Wildman–Crippen MR) is 127 cm³/mol.